The summed E-state index contributed by atoms with van der Waals surface area (Å²) in [5.74, 6) is -0.467. The summed E-state index contributed by atoms with van der Waals surface area (Å²) in [6, 6.07) is 12.6. The Bertz CT molecular complexity index is 669. The van der Waals surface area contributed by atoms with Gasteiger partial charge in [-0.1, -0.05) is 12.1 Å². The Balaban J connectivity index is 1.77. The molecule has 23 heavy (non-hydrogen) atoms. The molecule has 0 aliphatic heterocycles. The topological polar surface area (TPSA) is 67.4 Å². The van der Waals surface area contributed by atoms with Gasteiger partial charge in [-0.2, -0.15) is 0 Å². The number of amides is 2. The molecule has 5 nitrogen and oxygen atoms in total. The van der Waals surface area contributed by atoms with Crippen LogP contribution in [-0.2, 0) is 16.1 Å². The van der Waals surface area contributed by atoms with E-state index in [4.69, 9.17) is 4.74 Å². The van der Waals surface area contributed by atoms with Crippen LogP contribution >= 0.6 is 0 Å². The molecule has 6 heteroatoms. The van der Waals surface area contributed by atoms with Crippen molar-refractivity contribution < 1.29 is 18.7 Å². The van der Waals surface area contributed by atoms with Crippen LogP contribution in [0.4, 0.5) is 10.1 Å². The highest BCUT2D eigenvalue weighted by Gasteiger charge is 2.09. The first-order valence-corrected chi connectivity index (χ1v) is 7.02. The number of ether oxygens (including phenoxy) is 1. The van der Waals surface area contributed by atoms with Crippen LogP contribution in [-0.4, -0.2) is 18.9 Å². The molecule has 0 heterocycles. The van der Waals surface area contributed by atoms with E-state index < -0.39 is 11.8 Å². The van der Waals surface area contributed by atoms with Crippen molar-refractivity contribution >= 4 is 17.5 Å². The van der Waals surface area contributed by atoms with Crippen LogP contribution < -0.4 is 15.4 Å². The lowest BCUT2D eigenvalue weighted by Gasteiger charge is -2.07. The maximum atomic E-state index is 12.8. The molecule has 0 bridgehead atoms. The van der Waals surface area contributed by atoms with Gasteiger partial charge in [0.1, 0.15) is 18.0 Å². The second-order valence-electron chi connectivity index (χ2n) is 4.86. The zero-order valence-corrected chi connectivity index (χ0v) is 12.6. The van der Waals surface area contributed by atoms with E-state index in [-0.39, 0.29) is 18.8 Å². The maximum absolute atomic E-state index is 12.8. The molecular weight excluding hydrogens is 299 g/mol. The zero-order chi connectivity index (χ0) is 16.7. The van der Waals surface area contributed by atoms with E-state index in [0.29, 0.717) is 11.4 Å². The van der Waals surface area contributed by atoms with Crippen molar-refractivity contribution in [3.8, 4) is 5.75 Å². The summed E-state index contributed by atoms with van der Waals surface area (Å²) in [6.45, 7) is 0.245. The number of carbonyl (C=O) groups excluding carboxylic acids is 2. The van der Waals surface area contributed by atoms with Gasteiger partial charge in [-0.25, -0.2) is 4.39 Å². The number of carbonyl (C=O) groups is 2. The summed E-state index contributed by atoms with van der Waals surface area (Å²) < 4.78 is 17.8. The number of rotatable bonds is 6. The summed E-state index contributed by atoms with van der Waals surface area (Å²) in [5.41, 5.74) is 1.34. The molecule has 0 saturated carbocycles. The van der Waals surface area contributed by atoms with E-state index in [9.17, 15) is 14.0 Å². The van der Waals surface area contributed by atoms with Gasteiger partial charge in [0.25, 0.3) is 0 Å². The first-order chi connectivity index (χ1) is 11.1. The highest BCUT2D eigenvalue weighted by atomic mass is 19.1. The Labute approximate surface area is 133 Å². The lowest BCUT2D eigenvalue weighted by atomic mass is 10.2. The first kappa shape index (κ1) is 16.5. The van der Waals surface area contributed by atoms with Gasteiger partial charge in [-0.3, -0.25) is 9.59 Å². The van der Waals surface area contributed by atoms with Crippen LogP contribution in [0.25, 0.3) is 0 Å². The molecule has 2 aromatic carbocycles. The van der Waals surface area contributed by atoms with E-state index >= 15 is 0 Å². The zero-order valence-electron chi connectivity index (χ0n) is 12.6. The fourth-order valence-electron chi connectivity index (χ4n) is 1.89. The lowest BCUT2D eigenvalue weighted by Crippen LogP contribution is -2.27. The van der Waals surface area contributed by atoms with E-state index in [2.05, 4.69) is 10.6 Å². The van der Waals surface area contributed by atoms with E-state index in [0.717, 1.165) is 5.56 Å². The van der Waals surface area contributed by atoms with E-state index in [1.54, 1.807) is 43.5 Å². The number of hydrogen-bond donors (Lipinski definition) is 2. The number of nitrogens with one attached hydrogen (secondary N) is 2. The molecule has 0 radical (unpaired) electrons. The summed E-state index contributed by atoms with van der Waals surface area (Å²) in [4.78, 5) is 23.5. The van der Waals surface area contributed by atoms with Crippen LogP contribution in [0, 0.1) is 5.82 Å². The summed E-state index contributed by atoms with van der Waals surface area (Å²) in [7, 11) is 1.55. The Morgan fingerprint density at radius 2 is 1.65 bits per heavy atom. The molecule has 120 valence electrons. The fraction of sp³-hybridized carbons (Fsp3) is 0.176. The largest absolute Gasteiger partial charge is 0.497 e. The highest BCUT2D eigenvalue weighted by Crippen LogP contribution is 2.15. The smallest absolute Gasteiger partial charge is 0.233 e. The van der Waals surface area contributed by atoms with Crippen molar-refractivity contribution in [3.05, 3.63) is 59.9 Å². The lowest BCUT2D eigenvalue weighted by molar-refractivity contribution is -0.126. The van der Waals surface area contributed by atoms with E-state index in [1.165, 1.54) is 12.1 Å². The molecule has 0 fully saturated rings. The fourth-order valence-corrected chi connectivity index (χ4v) is 1.89. The van der Waals surface area contributed by atoms with Crippen LogP contribution in [0.5, 0.6) is 5.75 Å². The molecule has 2 N–H and O–H groups in total. The van der Waals surface area contributed by atoms with Gasteiger partial charge < -0.3 is 15.4 Å². The Kier molecular flexibility index (Phi) is 5.68. The van der Waals surface area contributed by atoms with E-state index in [1.807, 2.05) is 0 Å². The third kappa shape index (κ3) is 5.43. The number of benzene rings is 2. The predicted molar refractivity (Wildman–Crippen MR) is 84.5 cm³/mol. The van der Waals surface area contributed by atoms with Crippen LogP contribution in [0.3, 0.4) is 0 Å². The highest BCUT2D eigenvalue weighted by molar-refractivity contribution is 6.03. The van der Waals surface area contributed by atoms with Crippen LogP contribution in [0.1, 0.15) is 12.0 Å². The van der Waals surface area contributed by atoms with Crippen molar-refractivity contribution in [2.24, 2.45) is 0 Å². The number of anilines is 1. The molecule has 0 aromatic heterocycles. The Morgan fingerprint density at radius 3 is 2.26 bits per heavy atom. The first-order valence-electron chi connectivity index (χ1n) is 7.02. The normalized spacial score (nSPS) is 10.0. The summed E-state index contributed by atoms with van der Waals surface area (Å²) in [5, 5.41) is 5.24. The average molecular weight is 316 g/mol. The number of halogens is 1. The molecule has 0 aliphatic rings. The van der Waals surface area contributed by atoms with Gasteiger partial charge in [-0.05, 0) is 42.0 Å². The Hall–Kier alpha value is -2.89. The van der Waals surface area contributed by atoms with Crippen molar-refractivity contribution in [2.45, 2.75) is 13.0 Å². The third-order valence-electron chi connectivity index (χ3n) is 3.10. The minimum atomic E-state index is -0.410. The third-order valence-corrected chi connectivity index (χ3v) is 3.10. The van der Waals surface area contributed by atoms with Gasteiger partial charge in [-0.15, -0.1) is 0 Å². The SMILES string of the molecule is COc1ccc(NC(=O)CC(=O)NCc2ccc(F)cc2)cc1. The second kappa shape index (κ2) is 7.93. The van der Waals surface area contributed by atoms with Crippen molar-refractivity contribution in [1.82, 2.24) is 5.32 Å². The van der Waals surface area contributed by atoms with Crippen molar-refractivity contribution in [3.63, 3.8) is 0 Å². The molecule has 2 aromatic rings. The summed E-state index contributed by atoms with van der Waals surface area (Å²) in [6.07, 6.45) is -0.285. The summed E-state index contributed by atoms with van der Waals surface area (Å²) >= 11 is 0. The van der Waals surface area contributed by atoms with Gasteiger partial charge in [0, 0.05) is 12.2 Å². The number of methoxy groups -OCH3 is 1. The van der Waals surface area contributed by atoms with Gasteiger partial charge in [0.05, 0.1) is 7.11 Å². The molecule has 2 rings (SSSR count). The standard InChI is InChI=1S/C17H17FN2O3/c1-23-15-8-6-14(7-9-15)20-17(22)10-16(21)19-11-12-2-4-13(18)5-3-12/h2-9H,10-11H2,1H3,(H,19,21)(H,20,22). The molecule has 2 amide bonds. The van der Waals surface area contributed by atoms with Crippen molar-refractivity contribution in [1.29, 1.82) is 0 Å². The number of hydrogen-bond acceptors (Lipinski definition) is 3. The molecule has 0 spiro atoms. The average Bonchev–Trinajstić information content (AvgIpc) is 2.55. The van der Waals surface area contributed by atoms with Crippen molar-refractivity contribution in [2.75, 3.05) is 12.4 Å². The minimum absolute atomic E-state index is 0.245. The van der Waals surface area contributed by atoms with Crippen LogP contribution in [0.2, 0.25) is 0 Å². The monoisotopic (exact) mass is 316 g/mol. The van der Waals surface area contributed by atoms with Gasteiger partial charge in [0.2, 0.25) is 11.8 Å². The molecule has 0 unspecified atom stereocenters. The molecule has 0 saturated heterocycles. The van der Waals surface area contributed by atoms with Crippen LogP contribution in [0.15, 0.2) is 48.5 Å². The predicted octanol–water partition coefficient (Wildman–Crippen LogP) is 2.48. The van der Waals surface area contributed by atoms with Gasteiger partial charge >= 0.3 is 0 Å². The molecule has 0 aliphatic carbocycles. The maximum Gasteiger partial charge on any atom is 0.233 e. The molecular formula is C17H17FN2O3. The van der Waals surface area contributed by atoms with Gasteiger partial charge in [0.15, 0.2) is 0 Å². The Morgan fingerprint density at radius 1 is 1.00 bits per heavy atom. The second-order valence-corrected chi connectivity index (χ2v) is 4.86. The minimum Gasteiger partial charge on any atom is -0.497 e. The quantitative estimate of drug-likeness (QED) is 0.805. The molecule has 0 atom stereocenters.